The molecule has 7 heteroatoms. The van der Waals surface area contributed by atoms with E-state index in [0.29, 0.717) is 29.4 Å². The number of amides is 1. The van der Waals surface area contributed by atoms with Gasteiger partial charge in [-0.3, -0.25) is 4.79 Å². The monoisotopic (exact) mass is 471 g/mol. The third-order valence-corrected chi connectivity index (χ3v) is 6.45. The summed E-state index contributed by atoms with van der Waals surface area (Å²) in [5, 5.41) is 3.71. The fourth-order valence-electron chi connectivity index (χ4n) is 3.71. The molecule has 1 amide bonds. The number of fused-ring (bicyclic) bond motifs is 1. The number of rotatable bonds is 7. The number of anilines is 1. The molecule has 3 aromatic carbocycles. The Morgan fingerprint density at radius 2 is 1.62 bits per heavy atom. The van der Waals surface area contributed by atoms with E-state index in [4.69, 9.17) is 14.5 Å². The van der Waals surface area contributed by atoms with Gasteiger partial charge >= 0.3 is 0 Å². The van der Waals surface area contributed by atoms with Gasteiger partial charge in [0.1, 0.15) is 0 Å². The minimum Gasteiger partial charge on any atom is -0.454 e. The zero-order chi connectivity index (χ0) is 23.5. The number of carbonyl (C=O) groups is 1. The van der Waals surface area contributed by atoms with Crippen LogP contribution in [0.2, 0.25) is 0 Å². The Balaban J connectivity index is 1.28. The highest BCUT2D eigenvalue weighted by molar-refractivity contribution is 7.99. The molecule has 1 aliphatic heterocycles. The van der Waals surface area contributed by atoms with Crippen molar-refractivity contribution in [1.82, 2.24) is 9.97 Å². The van der Waals surface area contributed by atoms with E-state index in [1.807, 2.05) is 6.07 Å². The number of aromatic amines is 1. The van der Waals surface area contributed by atoms with Gasteiger partial charge in [-0.2, -0.15) is 0 Å². The third kappa shape index (κ3) is 4.94. The van der Waals surface area contributed by atoms with Crippen molar-refractivity contribution in [3.05, 3.63) is 77.9 Å². The van der Waals surface area contributed by atoms with E-state index < -0.39 is 0 Å². The van der Waals surface area contributed by atoms with Crippen molar-refractivity contribution in [2.24, 2.45) is 0 Å². The summed E-state index contributed by atoms with van der Waals surface area (Å²) in [6, 6.07) is 22.2. The Hall–Kier alpha value is -3.71. The van der Waals surface area contributed by atoms with Crippen LogP contribution in [0.3, 0.4) is 0 Å². The lowest BCUT2D eigenvalue weighted by atomic mass is 10.0. The minimum absolute atomic E-state index is 0.0598. The van der Waals surface area contributed by atoms with Gasteiger partial charge in [-0.15, -0.1) is 0 Å². The maximum absolute atomic E-state index is 12.5. The number of aromatic nitrogens is 2. The molecule has 5 rings (SSSR count). The van der Waals surface area contributed by atoms with Gasteiger partial charge < -0.3 is 19.8 Å². The molecule has 0 saturated carbocycles. The molecule has 0 aliphatic carbocycles. The average Bonchev–Trinajstić information content (AvgIpc) is 3.47. The van der Waals surface area contributed by atoms with Gasteiger partial charge in [-0.25, -0.2) is 4.98 Å². The SMILES string of the molecule is Cc1ccc(-c2nc(SCCC(=O)Nc3ccc4c(c3)OCO4)[nH]c2-c2ccc(C)cc2)cc1. The van der Waals surface area contributed by atoms with Crippen molar-refractivity contribution in [3.63, 3.8) is 0 Å². The van der Waals surface area contributed by atoms with Crippen LogP contribution < -0.4 is 14.8 Å². The maximum atomic E-state index is 12.5. The van der Waals surface area contributed by atoms with Crippen molar-refractivity contribution >= 4 is 23.4 Å². The van der Waals surface area contributed by atoms with Gasteiger partial charge in [-0.05, 0) is 26.0 Å². The highest BCUT2D eigenvalue weighted by atomic mass is 32.2. The number of ether oxygens (including phenoxy) is 2. The zero-order valence-electron chi connectivity index (χ0n) is 19.1. The number of nitrogens with one attached hydrogen (secondary N) is 2. The first-order valence-electron chi connectivity index (χ1n) is 11.1. The Bertz CT molecular complexity index is 1250. The molecular weight excluding hydrogens is 446 g/mol. The van der Waals surface area contributed by atoms with Crippen LogP contribution in [0.15, 0.2) is 71.9 Å². The highest BCUT2D eigenvalue weighted by Crippen LogP contribution is 2.35. The molecule has 0 spiro atoms. The van der Waals surface area contributed by atoms with Crippen molar-refractivity contribution < 1.29 is 14.3 Å². The number of hydrogen-bond acceptors (Lipinski definition) is 5. The Kier molecular flexibility index (Phi) is 6.27. The average molecular weight is 472 g/mol. The van der Waals surface area contributed by atoms with Gasteiger partial charge in [0.05, 0.1) is 11.4 Å². The van der Waals surface area contributed by atoms with Crippen molar-refractivity contribution in [2.75, 3.05) is 17.9 Å². The molecule has 1 aliphatic rings. The smallest absolute Gasteiger partial charge is 0.231 e. The number of carbonyl (C=O) groups excluding carboxylic acids is 1. The summed E-state index contributed by atoms with van der Waals surface area (Å²) < 4.78 is 10.7. The number of H-pyrrole nitrogens is 1. The van der Waals surface area contributed by atoms with Gasteiger partial charge in [0, 0.05) is 35.1 Å². The largest absolute Gasteiger partial charge is 0.454 e. The normalized spacial score (nSPS) is 12.1. The van der Waals surface area contributed by atoms with E-state index in [1.165, 1.54) is 22.9 Å². The summed E-state index contributed by atoms with van der Waals surface area (Å²) in [6.07, 6.45) is 0.361. The predicted molar refractivity (Wildman–Crippen MR) is 135 cm³/mol. The lowest BCUT2D eigenvalue weighted by molar-refractivity contribution is -0.115. The third-order valence-electron chi connectivity index (χ3n) is 5.57. The molecule has 0 bridgehead atoms. The van der Waals surface area contributed by atoms with E-state index in [0.717, 1.165) is 27.7 Å². The number of nitrogens with zero attached hydrogens (tertiary/aromatic N) is 1. The first kappa shape index (κ1) is 22.1. The summed E-state index contributed by atoms with van der Waals surface area (Å²) in [5.41, 5.74) is 7.15. The van der Waals surface area contributed by atoms with E-state index in [1.54, 1.807) is 12.1 Å². The van der Waals surface area contributed by atoms with Crippen molar-refractivity contribution in [1.29, 1.82) is 0 Å². The van der Waals surface area contributed by atoms with Crippen molar-refractivity contribution in [2.45, 2.75) is 25.4 Å². The summed E-state index contributed by atoms with van der Waals surface area (Å²) >= 11 is 1.54. The van der Waals surface area contributed by atoms with Crippen LogP contribution >= 0.6 is 11.8 Å². The van der Waals surface area contributed by atoms with E-state index in [-0.39, 0.29) is 12.7 Å². The summed E-state index contributed by atoms with van der Waals surface area (Å²) in [7, 11) is 0. The number of aryl methyl sites for hydroxylation is 2. The molecule has 172 valence electrons. The molecule has 0 saturated heterocycles. The topological polar surface area (TPSA) is 76.2 Å². The van der Waals surface area contributed by atoms with Crippen LogP contribution in [0.1, 0.15) is 17.5 Å². The summed E-state index contributed by atoms with van der Waals surface area (Å²) in [6.45, 7) is 4.36. The number of benzene rings is 3. The molecule has 0 radical (unpaired) electrons. The Labute approximate surface area is 202 Å². The molecule has 34 heavy (non-hydrogen) atoms. The predicted octanol–water partition coefficient (Wildman–Crippen LogP) is 6.21. The summed E-state index contributed by atoms with van der Waals surface area (Å²) in [4.78, 5) is 20.8. The fourth-order valence-corrected chi connectivity index (χ4v) is 4.52. The van der Waals surface area contributed by atoms with E-state index >= 15 is 0 Å². The lowest BCUT2D eigenvalue weighted by Gasteiger charge is -2.05. The Morgan fingerprint density at radius 1 is 0.941 bits per heavy atom. The molecule has 1 aromatic heterocycles. The lowest BCUT2D eigenvalue weighted by Crippen LogP contribution is -2.12. The second-order valence-corrected chi connectivity index (χ2v) is 9.30. The molecule has 0 atom stereocenters. The Morgan fingerprint density at radius 3 is 2.35 bits per heavy atom. The van der Waals surface area contributed by atoms with Crippen LogP contribution in [0.5, 0.6) is 11.5 Å². The highest BCUT2D eigenvalue weighted by Gasteiger charge is 2.16. The molecule has 2 heterocycles. The molecule has 0 fully saturated rings. The van der Waals surface area contributed by atoms with Gasteiger partial charge in [0.2, 0.25) is 12.7 Å². The molecular formula is C27H25N3O3S. The first-order valence-corrected chi connectivity index (χ1v) is 12.1. The first-order chi connectivity index (χ1) is 16.5. The second kappa shape index (κ2) is 9.65. The van der Waals surface area contributed by atoms with Gasteiger partial charge in [0.25, 0.3) is 0 Å². The van der Waals surface area contributed by atoms with Crippen LogP contribution in [-0.4, -0.2) is 28.4 Å². The van der Waals surface area contributed by atoms with Crippen molar-refractivity contribution in [3.8, 4) is 34.0 Å². The van der Waals surface area contributed by atoms with E-state index in [2.05, 4.69) is 72.7 Å². The number of thioether (sulfide) groups is 1. The molecule has 0 unspecified atom stereocenters. The van der Waals surface area contributed by atoms with E-state index in [9.17, 15) is 4.79 Å². The fraction of sp³-hybridized carbons (Fsp3) is 0.185. The molecule has 4 aromatic rings. The maximum Gasteiger partial charge on any atom is 0.231 e. The second-order valence-electron chi connectivity index (χ2n) is 8.21. The number of imidazole rings is 1. The van der Waals surface area contributed by atoms with Crippen LogP contribution in [0.25, 0.3) is 22.5 Å². The van der Waals surface area contributed by atoms with Gasteiger partial charge in [0.15, 0.2) is 16.7 Å². The molecule has 6 nitrogen and oxygen atoms in total. The quantitative estimate of drug-likeness (QED) is 0.313. The van der Waals surface area contributed by atoms with Crippen LogP contribution in [-0.2, 0) is 4.79 Å². The zero-order valence-corrected chi connectivity index (χ0v) is 19.9. The van der Waals surface area contributed by atoms with Crippen LogP contribution in [0.4, 0.5) is 5.69 Å². The molecule has 2 N–H and O–H groups in total. The standard InChI is InChI=1S/C27H25N3O3S/c1-17-3-7-19(8-4-17)25-26(20-9-5-18(2)6-10-20)30-27(29-25)34-14-13-24(31)28-21-11-12-22-23(15-21)33-16-32-22/h3-12,15H,13-14,16H2,1-2H3,(H,28,31)(H,29,30). The van der Waals surface area contributed by atoms with Crippen LogP contribution in [0, 0.1) is 13.8 Å². The number of hydrogen-bond donors (Lipinski definition) is 2. The van der Waals surface area contributed by atoms with Gasteiger partial charge in [-0.1, -0.05) is 71.4 Å². The summed E-state index contributed by atoms with van der Waals surface area (Å²) in [5.74, 6) is 1.88. The minimum atomic E-state index is -0.0598.